The van der Waals surface area contributed by atoms with Gasteiger partial charge in [-0.2, -0.15) is 0 Å². The molecule has 5 rings (SSSR count). The summed E-state index contributed by atoms with van der Waals surface area (Å²) in [6, 6.07) is 18.9. The molecule has 4 atom stereocenters. The lowest BCUT2D eigenvalue weighted by Crippen LogP contribution is -2.59. The number of imide groups is 1. The molecule has 1 aromatic heterocycles. The Labute approximate surface area is 332 Å². The smallest absolute Gasteiger partial charge is 0.408 e. The van der Waals surface area contributed by atoms with Crippen molar-refractivity contribution in [2.24, 2.45) is 17.4 Å². The van der Waals surface area contributed by atoms with Crippen molar-refractivity contribution < 1.29 is 33.5 Å². The van der Waals surface area contributed by atoms with Crippen molar-refractivity contribution in [3.8, 4) is 0 Å². The molecule has 4 aromatic rings. The van der Waals surface area contributed by atoms with E-state index < -0.39 is 65.3 Å². The van der Waals surface area contributed by atoms with Crippen molar-refractivity contribution in [2.75, 3.05) is 18.4 Å². The number of nitrogens with one attached hydrogen (secondary N) is 3. The number of Topliss-reactive ketones (excluding diaryl/α,β-unsaturated/α-hetero) is 1. The summed E-state index contributed by atoms with van der Waals surface area (Å²) in [5.74, 6) is -3.54. The second-order valence-electron chi connectivity index (χ2n) is 15.5. The van der Waals surface area contributed by atoms with Crippen molar-refractivity contribution in [1.29, 1.82) is 0 Å². The Morgan fingerprint density at radius 1 is 0.947 bits per heavy atom. The highest BCUT2D eigenvalue weighted by molar-refractivity contribution is 6.08. The van der Waals surface area contributed by atoms with Crippen LogP contribution in [0.5, 0.6) is 0 Å². The molecule has 7 N–H and O–H groups in total. The highest BCUT2D eigenvalue weighted by Gasteiger charge is 2.46. The van der Waals surface area contributed by atoms with Gasteiger partial charge in [-0.3, -0.25) is 24.1 Å². The molecule has 14 nitrogen and oxygen atoms in total. The predicted molar refractivity (Wildman–Crippen MR) is 217 cm³/mol. The van der Waals surface area contributed by atoms with Crippen LogP contribution in [0.15, 0.2) is 85.1 Å². The topological polar surface area (TPSA) is 210 Å². The lowest BCUT2D eigenvalue weighted by molar-refractivity contribution is -0.139. The molecule has 2 heterocycles. The Morgan fingerprint density at radius 2 is 1.63 bits per heavy atom. The zero-order valence-corrected chi connectivity index (χ0v) is 33.0. The maximum atomic E-state index is 15.1. The van der Waals surface area contributed by atoms with E-state index in [0.717, 1.165) is 21.4 Å². The van der Waals surface area contributed by atoms with Crippen LogP contribution >= 0.6 is 0 Å². The number of aromatic nitrogens is 1. The number of fused-ring (bicyclic) bond motifs is 1. The second kappa shape index (κ2) is 18.7. The molecule has 0 spiro atoms. The number of anilines is 1. The fourth-order valence-corrected chi connectivity index (χ4v) is 7.20. The maximum Gasteiger partial charge on any atom is 0.408 e. The van der Waals surface area contributed by atoms with E-state index >= 15 is 4.79 Å². The number of ketones is 1. The van der Waals surface area contributed by atoms with Crippen LogP contribution in [0.3, 0.4) is 0 Å². The minimum absolute atomic E-state index is 0.0309. The Hall–Kier alpha value is -6.02. The highest BCUT2D eigenvalue weighted by Crippen LogP contribution is 2.29. The second-order valence-corrected chi connectivity index (χ2v) is 15.5. The monoisotopic (exact) mass is 779 g/mol. The summed E-state index contributed by atoms with van der Waals surface area (Å²) in [5.41, 5.74) is 14.2. The molecule has 0 saturated carbocycles. The van der Waals surface area contributed by atoms with E-state index in [1.54, 1.807) is 58.2 Å². The van der Waals surface area contributed by atoms with Gasteiger partial charge in [0, 0.05) is 54.5 Å². The van der Waals surface area contributed by atoms with Crippen LogP contribution in [0.1, 0.15) is 63.1 Å². The van der Waals surface area contributed by atoms with Crippen molar-refractivity contribution in [1.82, 2.24) is 20.1 Å². The molecule has 14 heteroatoms. The molecule has 1 aliphatic rings. The zero-order chi connectivity index (χ0) is 41.3. The fraction of sp³-hybridized carbons (Fsp3) is 0.395. The number of carbonyl (C=O) groups is 6. The third-order valence-corrected chi connectivity index (χ3v) is 10.0. The number of benzene rings is 3. The number of hydrogen-bond donors (Lipinski definition) is 5. The van der Waals surface area contributed by atoms with Gasteiger partial charge in [-0.25, -0.2) is 9.59 Å². The summed E-state index contributed by atoms with van der Waals surface area (Å²) < 4.78 is 5.56. The lowest BCUT2D eigenvalue weighted by atomic mass is 9.91. The molecular weight excluding hydrogens is 727 g/mol. The van der Waals surface area contributed by atoms with E-state index in [2.05, 4.69) is 15.6 Å². The van der Waals surface area contributed by atoms with Crippen LogP contribution < -0.4 is 22.1 Å². The molecule has 0 bridgehead atoms. The molecule has 0 unspecified atom stereocenters. The van der Waals surface area contributed by atoms with Gasteiger partial charge in [-0.05, 0) is 82.3 Å². The number of para-hydroxylation sites is 2. The number of ether oxygens (including phenoxy) is 1. The van der Waals surface area contributed by atoms with Gasteiger partial charge in [0.25, 0.3) is 5.91 Å². The first kappa shape index (κ1) is 42.1. The van der Waals surface area contributed by atoms with Gasteiger partial charge in [0.05, 0.1) is 0 Å². The van der Waals surface area contributed by atoms with E-state index in [1.165, 1.54) is 4.90 Å². The first-order valence-corrected chi connectivity index (χ1v) is 19.3. The van der Waals surface area contributed by atoms with Crippen molar-refractivity contribution >= 4 is 52.2 Å². The zero-order valence-electron chi connectivity index (χ0n) is 33.0. The largest absolute Gasteiger partial charge is 0.444 e. The number of nitrogens with two attached hydrogens (primary N) is 2. The van der Waals surface area contributed by atoms with Crippen LogP contribution in [-0.4, -0.2) is 87.2 Å². The van der Waals surface area contributed by atoms with Crippen LogP contribution in [0.25, 0.3) is 10.9 Å². The number of primary amides is 1. The molecule has 302 valence electrons. The number of aryl methyl sites for hydroxylation is 1. The van der Waals surface area contributed by atoms with Gasteiger partial charge in [-0.1, -0.05) is 66.7 Å². The number of alkyl carbamates (subject to hydrolysis) is 1. The van der Waals surface area contributed by atoms with Crippen LogP contribution in [0.4, 0.5) is 15.3 Å². The number of carbonyl (C=O) groups excluding carboxylic acids is 6. The summed E-state index contributed by atoms with van der Waals surface area (Å²) >= 11 is 0. The number of nitrogens with zero attached hydrogens (tertiary/aromatic N) is 2. The highest BCUT2D eigenvalue weighted by atomic mass is 16.6. The van der Waals surface area contributed by atoms with Crippen LogP contribution in [0.2, 0.25) is 0 Å². The van der Waals surface area contributed by atoms with Gasteiger partial charge in [0.15, 0.2) is 5.78 Å². The standard InChI is InChI=1S/C43H53N7O7/c1-27-14-8-10-18-32(27)47-41(55)50(40(54)34(48-42(56)57-43(2,3)4)23-29-25-46-33-19-11-9-17-31(29)33)35(20-12-13-21-44)38(52)30-24-37(51)49(26-30)36(39(45)53)22-28-15-6-5-7-16-28/h5-11,14-19,25,30,34-36,46H,12-13,20-24,26,44H2,1-4H3,(H2,45,53)(H,47,55)(H,48,56)/t30-,34+,35+,36+/m1/s1. The van der Waals surface area contributed by atoms with E-state index in [9.17, 15) is 24.0 Å². The number of likely N-dealkylation sites (tertiary alicyclic amines) is 1. The number of unbranched alkanes of at least 4 members (excludes halogenated alkanes) is 1. The first-order chi connectivity index (χ1) is 27.2. The molecule has 6 amide bonds. The molecule has 1 fully saturated rings. The van der Waals surface area contributed by atoms with E-state index in [0.29, 0.717) is 36.2 Å². The number of amides is 6. The molecule has 57 heavy (non-hydrogen) atoms. The maximum absolute atomic E-state index is 15.1. The Morgan fingerprint density at radius 3 is 2.32 bits per heavy atom. The number of urea groups is 1. The minimum atomic E-state index is -1.38. The SMILES string of the molecule is Cc1ccccc1NC(=O)N(C(=O)[C@H](Cc1c[nH]c2ccccc12)NC(=O)OC(C)(C)C)[C@@H](CCCCN)C(=O)[C@@H]1CC(=O)N([C@@H](Cc2ccccc2)C(N)=O)C1. The molecule has 1 aliphatic heterocycles. The van der Waals surface area contributed by atoms with Crippen LogP contribution in [0, 0.1) is 12.8 Å². The van der Waals surface area contributed by atoms with Crippen molar-refractivity contribution in [3.63, 3.8) is 0 Å². The van der Waals surface area contributed by atoms with Crippen molar-refractivity contribution in [3.05, 3.63) is 102 Å². The van der Waals surface area contributed by atoms with Gasteiger partial charge in [-0.15, -0.1) is 0 Å². The number of H-pyrrole nitrogens is 1. The number of aromatic amines is 1. The number of hydrogen-bond acceptors (Lipinski definition) is 8. The quantitative estimate of drug-likeness (QED) is 0.0977. The Balaban J connectivity index is 1.55. The van der Waals surface area contributed by atoms with Crippen molar-refractivity contribution in [2.45, 2.75) is 89.9 Å². The summed E-state index contributed by atoms with van der Waals surface area (Å²) in [5, 5.41) is 6.31. The average Bonchev–Trinajstić information content (AvgIpc) is 3.76. The van der Waals surface area contributed by atoms with Gasteiger partial charge in [0.2, 0.25) is 11.8 Å². The number of rotatable bonds is 16. The average molecular weight is 780 g/mol. The fourth-order valence-electron chi connectivity index (χ4n) is 7.20. The summed E-state index contributed by atoms with van der Waals surface area (Å²) in [7, 11) is 0. The van der Waals surface area contributed by atoms with E-state index in [1.807, 2.05) is 54.6 Å². The normalized spacial score (nSPS) is 15.8. The van der Waals surface area contributed by atoms with Gasteiger partial charge >= 0.3 is 12.1 Å². The third-order valence-electron chi connectivity index (χ3n) is 10.0. The molecular formula is C43H53N7O7. The summed E-state index contributed by atoms with van der Waals surface area (Å²) in [4.78, 5) is 89.6. The molecule has 1 saturated heterocycles. The van der Waals surface area contributed by atoms with Gasteiger partial charge in [0.1, 0.15) is 23.7 Å². The minimum Gasteiger partial charge on any atom is -0.444 e. The Kier molecular flexibility index (Phi) is 13.9. The molecule has 0 radical (unpaired) electrons. The van der Waals surface area contributed by atoms with Crippen LogP contribution in [-0.2, 0) is 36.8 Å². The molecule has 0 aliphatic carbocycles. The van der Waals surface area contributed by atoms with E-state index in [4.69, 9.17) is 16.2 Å². The molecule has 3 aromatic carbocycles. The lowest BCUT2D eigenvalue weighted by Gasteiger charge is -2.34. The Bertz CT molecular complexity index is 2080. The predicted octanol–water partition coefficient (Wildman–Crippen LogP) is 4.98. The summed E-state index contributed by atoms with van der Waals surface area (Å²) in [6.45, 7) is 7.01. The first-order valence-electron chi connectivity index (χ1n) is 19.3. The van der Waals surface area contributed by atoms with E-state index in [-0.39, 0.29) is 32.2 Å². The van der Waals surface area contributed by atoms with Gasteiger partial charge < -0.3 is 36.7 Å². The summed E-state index contributed by atoms with van der Waals surface area (Å²) in [6.07, 6.45) is 1.56. The third kappa shape index (κ3) is 10.8.